The standard InChI is InChI=1S/C11H16N4O2/c1-8(16)15-5-3-4-10(15)11(17)13-9-6-12-14(2)7-9/h6-7,10H,3-5H2,1-2H3,(H,13,17)/t10-/m1/s1. The maximum absolute atomic E-state index is 12.0. The second-order valence-corrected chi connectivity index (χ2v) is 4.26. The van der Waals surface area contributed by atoms with Gasteiger partial charge in [0.2, 0.25) is 11.8 Å². The van der Waals surface area contributed by atoms with E-state index in [0.29, 0.717) is 12.2 Å². The molecule has 1 aromatic rings. The van der Waals surface area contributed by atoms with E-state index in [2.05, 4.69) is 10.4 Å². The molecule has 6 nitrogen and oxygen atoms in total. The molecular formula is C11H16N4O2. The zero-order chi connectivity index (χ0) is 12.4. The van der Waals surface area contributed by atoms with Crippen molar-refractivity contribution in [3.63, 3.8) is 0 Å². The van der Waals surface area contributed by atoms with Crippen LogP contribution in [0.3, 0.4) is 0 Å². The van der Waals surface area contributed by atoms with Gasteiger partial charge in [0, 0.05) is 26.7 Å². The van der Waals surface area contributed by atoms with Crippen molar-refractivity contribution in [2.75, 3.05) is 11.9 Å². The van der Waals surface area contributed by atoms with Crippen LogP contribution in [0.1, 0.15) is 19.8 Å². The van der Waals surface area contributed by atoms with Gasteiger partial charge in [0.25, 0.3) is 0 Å². The van der Waals surface area contributed by atoms with Crippen molar-refractivity contribution in [2.45, 2.75) is 25.8 Å². The fraction of sp³-hybridized carbons (Fsp3) is 0.545. The highest BCUT2D eigenvalue weighted by molar-refractivity contribution is 5.97. The summed E-state index contributed by atoms with van der Waals surface area (Å²) in [6.07, 6.45) is 4.92. The minimum atomic E-state index is -0.340. The second-order valence-electron chi connectivity index (χ2n) is 4.26. The number of nitrogens with one attached hydrogen (secondary N) is 1. The maximum Gasteiger partial charge on any atom is 0.247 e. The quantitative estimate of drug-likeness (QED) is 0.806. The number of nitrogens with zero attached hydrogens (tertiary/aromatic N) is 3. The Balaban J connectivity index is 2.02. The van der Waals surface area contributed by atoms with Crippen LogP contribution in [0.5, 0.6) is 0 Å². The fourth-order valence-corrected chi connectivity index (χ4v) is 2.13. The third-order valence-electron chi connectivity index (χ3n) is 2.93. The lowest BCUT2D eigenvalue weighted by atomic mass is 10.2. The average Bonchev–Trinajstić information content (AvgIpc) is 2.86. The van der Waals surface area contributed by atoms with Gasteiger partial charge in [-0.3, -0.25) is 14.3 Å². The van der Waals surface area contributed by atoms with E-state index < -0.39 is 0 Å². The van der Waals surface area contributed by atoms with Gasteiger partial charge in [-0.1, -0.05) is 0 Å². The maximum atomic E-state index is 12.0. The van der Waals surface area contributed by atoms with Gasteiger partial charge in [0.05, 0.1) is 11.9 Å². The van der Waals surface area contributed by atoms with Crippen LogP contribution in [-0.2, 0) is 16.6 Å². The van der Waals surface area contributed by atoms with Crippen molar-refractivity contribution in [3.8, 4) is 0 Å². The molecule has 0 aromatic carbocycles. The number of hydrogen-bond donors (Lipinski definition) is 1. The minimum absolute atomic E-state index is 0.0474. The molecule has 0 bridgehead atoms. The number of hydrogen-bond acceptors (Lipinski definition) is 3. The van der Waals surface area contributed by atoms with Gasteiger partial charge in [-0.15, -0.1) is 0 Å². The fourth-order valence-electron chi connectivity index (χ4n) is 2.13. The number of likely N-dealkylation sites (tertiary alicyclic amines) is 1. The molecule has 2 amide bonds. The van der Waals surface area contributed by atoms with Crippen molar-refractivity contribution in [1.82, 2.24) is 14.7 Å². The summed E-state index contributed by atoms with van der Waals surface area (Å²) in [5.74, 6) is -0.181. The largest absolute Gasteiger partial charge is 0.331 e. The number of aryl methyl sites for hydroxylation is 1. The molecule has 1 aliphatic heterocycles. The Kier molecular flexibility index (Phi) is 3.12. The summed E-state index contributed by atoms with van der Waals surface area (Å²) in [6.45, 7) is 2.16. The Bertz CT molecular complexity index is 440. The van der Waals surface area contributed by atoms with Crippen LogP contribution >= 0.6 is 0 Å². The Morgan fingerprint density at radius 2 is 2.29 bits per heavy atom. The Hall–Kier alpha value is -1.85. The Morgan fingerprint density at radius 3 is 2.88 bits per heavy atom. The molecule has 0 aliphatic carbocycles. The molecule has 92 valence electrons. The highest BCUT2D eigenvalue weighted by atomic mass is 16.2. The third-order valence-corrected chi connectivity index (χ3v) is 2.93. The number of anilines is 1. The molecule has 2 heterocycles. The van der Waals surface area contributed by atoms with Crippen LogP contribution in [-0.4, -0.2) is 39.1 Å². The minimum Gasteiger partial charge on any atom is -0.331 e. The number of aromatic nitrogens is 2. The van der Waals surface area contributed by atoms with Crippen molar-refractivity contribution in [1.29, 1.82) is 0 Å². The molecule has 0 spiro atoms. The SMILES string of the molecule is CC(=O)N1CCC[C@@H]1C(=O)Nc1cnn(C)c1. The lowest BCUT2D eigenvalue weighted by Gasteiger charge is -2.21. The van der Waals surface area contributed by atoms with Crippen molar-refractivity contribution in [3.05, 3.63) is 12.4 Å². The van der Waals surface area contributed by atoms with Gasteiger partial charge in [-0.2, -0.15) is 5.10 Å². The molecule has 1 fully saturated rings. The summed E-state index contributed by atoms with van der Waals surface area (Å²) in [6, 6.07) is -0.340. The van der Waals surface area contributed by atoms with Crippen molar-refractivity contribution < 1.29 is 9.59 Å². The zero-order valence-corrected chi connectivity index (χ0v) is 10.0. The normalized spacial score (nSPS) is 19.4. The molecule has 1 atom stereocenters. The van der Waals surface area contributed by atoms with Crippen LogP contribution in [0.4, 0.5) is 5.69 Å². The topological polar surface area (TPSA) is 67.2 Å². The van der Waals surface area contributed by atoms with Gasteiger partial charge in [-0.25, -0.2) is 0 Å². The molecule has 2 rings (SSSR count). The van der Waals surface area contributed by atoms with Crippen molar-refractivity contribution >= 4 is 17.5 Å². The molecule has 1 aromatic heterocycles. The molecule has 0 radical (unpaired) electrons. The summed E-state index contributed by atoms with van der Waals surface area (Å²) in [5.41, 5.74) is 0.660. The average molecular weight is 236 g/mol. The molecule has 0 saturated carbocycles. The number of amides is 2. The summed E-state index contributed by atoms with van der Waals surface area (Å²) in [4.78, 5) is 25.0. The van der Waals surface area contributed by atoms with Gasteiger partial charge in [0.15, 0.2) is 0 Å². The highest BCUT2D eigenvalue weighted by Crippen LogP contribution is 2.19. The Morgan fingerprint density at radius 1 is 1.53 bits per heavy atom. The first-order chi connectivity index (χ1) is 8.08. The van der Waals surface area contributed by atoms with Gasteiger partial charge < -0.3 is 10.2 Å². The van der Waals surface area contributed by atoms with E-state index in [9.17, 15) is 9.59 Å². The zero-order valence-electron chi connectivity index (χ0n) is 10.0. The number of carbonyl (C=O) groups excluding carboxylic acids is 2. The van der Waals surface area contributed by atoms with Crippen molar-refractivity contribution in [2.24, 2.45) is 7.05 Å². The number of rotatable bonds is 2. The summed E-state index contributed by atoms with van der Waals surface area (Å²) >= 11 is 0. The molecule has 1 saturated heterocycles. The molecule has 0 unspecified atom stereocenters. The summed E-state index contributed by atoms with van der Waals surface area (Å²) in [7, 11) is 1.78. The lowest BCUT2D eigenvalue weighted by molar-refractivity contribution is -0.134. The van der Waals surface area contributed by atoms with Crippen LogP contribution in [0.25, 0.3) is 0 Å². The predicted molar refractivity (Wildman–Crippen MR) is 62.2 cm³/mol. The molecule has 1 aliphatic rings. The second kappa shape index (κ2) is 4.57. The summed E-state index contributed by atoms with van der Waals surface area (Å²) in [5, 5.41) is 6.75. The van der Waals surface area contributed by atoms with E-state index in [4.69, 9.17) is 0 Å². The molecule has 1 N–H and O–H groups in total. The lowest BCUT2D eigenvalue weighted by Crippen LogP contribution is -2.42. The highest BCUT2D eigenvalue weighted by Gasteiger charge is 2.32. The third kappa shape index (κ3) is 2.46. The van der Waals surface area contributed by atoms with E-state index in [0.717, 1.165) is 12.8 Å². The van der Waals surface area contributed by atoms with E-state index in [1.807, 2.05) is 0 Å². The molecule has 6 heteroatoms. The van der Waals surface area contributed by atoms with E-state index in [1.54, 1.807) is 29.0 Å². The first kappa shape index (κ1) is 11.6. The van der Waals surface area contributed by atoms with Crippen LogP contribution in [0.2, 0.25) is 0 Å². The molecular weight excluding hydrogens is 220 g/mol. The summed E-state index contributed by atoms with van der Waals surface area (Å²) < 4.78 is 1.62. The first-order valence-corrected chi connectivity index (χ1v) is 5.64. The number of carbonyl (C=O) groups is 2. The van der Waals surface area contributed by atoms with Gasteiger partial charge in [0.1, 0.15) is 6.04 Å². The Labute approximate surface area is 99.6 Å². The van der Waals surface area contributed by atoms with Gasteiger partial charge >= 0.3 is 0 Å². The molecule has 17 heavy (non-hydrogen) atoms. The predicted octanol–water partition coefficient (Wildman–Crippen LogP) is 0.369. The monoisotopic (exact) mass is 236 g/mol. The van der Waals surface area contributed by atoms with E-state index >= 15 is 0 Å². The van der Waals surface area contributed by atoms with Crippen LogP contribution in [0.15, 0.2) is 12.4 Å². The van der Waals surface area contributed by atoms with E-state index in [1.165, 1.54) is 6.92 Å². The van der Waals surface area contributed by atoms with Gasteiger partial charge in [-0.05, 0) is 12.8 Å². The van der Waals surface area contributed by atoms with Crippen LogP contribution < -0.4 is 5.32 Å². The van der Waals surface area contributed by atoms with Crippen LogP contribution in [0, 0.1) is 0 Å². The first-order valence-electron chi connectivity index (χ1n) is 5.64. The van der Waals surface area contributed by atoms with E-state index in [-0.39, 0.29) is 17.9 Å². The smallest absolute Gasteiger partial charge is 0.247 e.